The minimum atomic E-state index is -0.151. The molecule has 0 atom stereocenters. The van der Waals surface area contributed by atoms with Crippen LogP contribution >= 0.6 is 0 Å². The van der Waals surface area contributed by atoms with E-state index in [2.05, 4.69) is 66.3 Å². The summed E-state index contributed by atoms with van der Waals surface area (Å²) < 4.78 is 0. The zero-order chi connectivity index (χ0) is 25.8. The molecule has 1 aliphatic carbocycles. The molecular weight excluding hydrogens is 446 g/mol. The number of nitrogens with one attached hydrogen (secondary N) is 2. The Morgan fingerprint density at radius 3 is 2.31 bits per heavy atom. The summed E-state index contributed by atoms with van der Waals surface area (Å²) >= 11 is 0. The van der Waals surface area contributed by atoms with Gasteiger partial charge in [-0.25, -0.2) is 0 Å². The maximum Gasteiger partial charge on any atom is 0.253 e. The van der Waals surface area contributed by atoms with Crippen LogP contribution in [0.5, 0.6) is 0 Å². The number of carbonyl (C=O) groups excluding carboxylic acids is 1. The average Bonchev–Trinajstić information content (AvgIpc) is 2.86. The molecule has 1 aliphatic rings. The van der Waals surface area contributed by atoms with Crippen molar-refractivity contribution in [1.82, 2.24) is 10.3 Å². The van der Waals surface area contributed by atoms with Crippen molar-refractivity contribution in [3.8, 4) is 11.1 Å². The van der Waals surface area contributed by atoms with Gasteiger partial charge in [0.25, 0.3) is 11.5 Å². The molecule has 5 heteroatoms. The Hall–Kier alpha value is -3.34. The van der Waals surface area contributed by atoms with E-state index in [4.69, 9.17) is 0 Å². The fourth-order valence-electron chi connectivity index (χ4n) is 5.53. The lowest BCUT2D eigenvalue weighted by Crippen LogP contribution is -2.37. The van der Waals surface area contributed by atoms with Crippen LogP contribution in [0.25, 0.3) is 11.1 Å². The van der Waals surface area contributed by atoms with E-state index in [9.17, 15) is 9.59 Å². The molecule has 1 aromatic heterocycles. The maximum absolute atomic E-state index is 13.6. The minimum Gasteiger partial charge on any atom is -0.369 e. The number of aromatic nitrogens is 1. The van der Waals surface area contributed by atoms with E-state index in [1.165, 1.54) is 37.7 Å². The van der Waals surface area contributed by atoms with Gasteiger partial charge in [0.15, 0.2) is 0 Å². The average molecular weight is 486 g/mol. The molecule has 2 N–H and O–H groups in total. The number of pyridine rings is 1. The number of nitrogens with zero attached hydrogens (tertiary/aromatic N) is 1. The minimum absolute atomic E-state index is 0.145. The van der Waals surface area contributed by atoms with Gasteiger partial charge < -0.3 is 15.2 Å². The zero-order valence-corrected chi connectivity index (χ0v) is 22.3. The first-order valence-corrected chi connectivity index (χ1v) is 13.2. The van der Waals surface area contributed by atoms with Crippen LogP contribution in [0.3, 0.4) is 0 Å². The highest BCUT2D eigenvalue weighted by Gasteiger charge is 2.24. The van der Waals surface area contributed by atoms with Crippen molar-refractivity contribution in [2.75, 3.05) is 11.4 Å². The number of benzene rings is 2. The van der Waals surface area contributed by atoms with Crippen LogP contribution in [0, 0.1) is 27.7 Å². The van der Waals surface area contributed by atoms with Crippen LogP contribution in [-0.4, -0.2) is 23.5 Å². The molecule has 1 heterocycles. The van der Waals surface area contributed by atoms with Crippen LogP contribution in [0.4, 0.5) is 5.69 Å². The molecule has 4 rings (SSSR count). The van der Waals surface area contributed by atoms with E-state index in [1.807, 2.05) is 26.0 Å². The maximum atomic E-state index is 13.6. The van der Waals surface area contributed by atoms with Crippen molar-refractivity contribution < 1.29 is 4.79 Å². The molecule has 36 heavy (non-hydrogen) atoms. The van der Waals surface area contributed by atoms with Gasteiger partial charge in [-0.3, -0.25) is 9.59 Å². The second kappa shape index (κ2) is 11.2. The lowest BCUT2D eigenvalue weighted by Gasteiger charge is -2.37. The van der Waals surface area contributed by atoms with Crippen molar-refractivity contribution in [3.05, 3.63) is 86.3 Å². The lowest BCUT2D eigenvalue weighted by atomic mass is 9.91. The molecule has 2 aromatic carbocycles. The normalized spacial score (nSPS) is 14.0. The van der Waals surface area contributed by atoms with Gasteiger partial charge in [0.2, 0.25) is 0 Å². The molecule has 0 radical (unpaired) electrons. The van der Waals surface area contributed by atoms with Gasteiger partial charge in [-0.15, -0.1) is 0 Å². The second-order valence-electron chi connectivity index (χ2n) is 10.2. The predicted octanol–water partition coefficient (Wildman–Crippen LogP) is 6.36. The Bertz CT molecular complexity index is 1280. The largest absolute Gasteiger partial charge is 0.369 e. The first kappa shape index (κ1) is 25.7. The number of hydrogen-bond acceptors (Lipinski definition) is 3. The number of hydrogen-bond donors (Lipinski definition) is 2. The topological polar surface area (TPSA) is 65.2 Å². The van der Waals surface area contributed by atoms with Crippen molar-refractivity contribution in [2.24, 2.45) is 0 Å². The van der Waals surface area contributed by atoms with E-state index in [0.717, 1.165) is 40.2 Å². The van der Waals surface area contributed by atoms with Crippen molar-refractivity contribution in [3.63, 3.8) is 0 Å². The van der Waals surface area contributed by atoms with Crippen LogP contribution in [0.15, 0.2) is 47.3 Å². The molecule has 1 amide bonds. The van der Waals surface area contributed by atoms with Crippen molar-refractivity contribution in [2.45, 2.75) is 79.3 Å². The zero-order valence-electron chi connectivity index (χ0n) is 22.3. The third-order valence-electron chi connectivity index (χ3n) is 7.59. The summed E-state index contributed by atoms with van der Waals surface area (Å²) in [6, 6.07) is 15.2. The molecule has 0 aliphatic heterocycles. The summed E-state index contributed by atoms with van der Waals surface area (Å²) in [6.07, 6.45) is 6.21. The van der Waals surface area contributed by atoms with Gasteiger partial charge in [-0.2, -0.15) is 0 Å². The number of H-pyrrole nitrogens is 1. The molecule has 0 saturated heterocycles. The van der Waals surface area contributed by atoms with Crippen molar-refractivity contribution >= 4 is 11.6 Å². The quantitative estimate of drug-likeness (QED) is 0.409. The summed E-state index contributed by atoms with van der Waals surface area (Å²) in [4.78, 5) is 31.4. The summed E-state index contributed by atoms with van der Waals surface area (Å²) in [5.74, 6) is -0.151. The van der Waals surface area contributed by atoms with Crippen LogP contribution in [0.2, 0.25) is 0 Å². The van der Waals surface area contributed by atoms with Crippen LogP contribution in [-0.2, 0) is 6.54 Å². The fraction of sp³-hybridized carbons (Fsp3) is 0.419. The van der Waals surface area contributed by atoms with E-state index in [-0.39, 0.29) is 18.0 Å². The van der Waals surface area contributed by atoms with Gasteiger partial charge in [0.1, 0.15) is 0 Å². The van der Waals surface area contributed by atoms with Gasteiger partial charge in [-0.05, 0) is 87.9 Å². The molecule has 0 bridgehead atoms. The third kappa shape index (κ3) is 5.56. The Labute approximate surface area is 215 Å². The van der Waals surface area contributed by atoms with Gasteiger partial charge in [-0.1, -0.05) is 49.1 Å². The van der Waals surface area contributed by atoms with Crippen LogP contribution < -0.4 is 15.8 Å². The van der Waals surface area contributed by atoms with E-state index in [1.54, 1.807) is 0 Å². The first-order valence-electron chi connectivity index (χ1n) is 13.2. The van der Waals surface area contributed by atoms with Gasteiger partial charge in [0.05, 0.1) is 0 Å². The Balaban J connectivity index is 1.73. The molecule has 5 nitrogen and oxygen atoms in total. The fourth-order valence-corrected chi connectivity index (χ4v) is 5.53. The lowest BCUT2D eigenvalue weighted by molar-refractivity contribution is 0.0950. The SMILES string of the molecule is CCN(c1cc(-c2ccc(C)cc2)cc(C(=O)NCc2c(C)cc(C)[nH]c2=O)c1C)C1CCCCC1. The molecule has 1 saturated carbocycles. The van der Waals surface area contributed by atoms with Crippen LogP contribution in [0.1, 0.15) is 77.3 Å². The van der Waals surface area contributed by atoms with Crippen molar-refractivity contribution in [1.29, 1.82) is 0 Å². The van der Waals surface area contributed by atoms with E-state index in [0.29, 0.717) is 17.2 Å². The summed E-state index contributed by atoms with van der Waals surface area (Å²) in [5, 5.41) is 3.03. The molecule has 0 spiro atoms. The standard InChI is InChI=1S/C31H39N3O2/c1-6-34(26-10-8-7-9-11-26)29-18-25(24-14-12-20(2)13-15-24)17-27(23(29)5)30(35)32-19-28-21(3)16-22(4)33-31(28)36/h12-18,26H,6-11,19H2,1-5H3,(H,32,35)(H,33,36). The molecule has 1 fully saturated rings. The second-order valence-corrected chi connectivity index (χ2v) is 10.2. The Morgan fingerprint density at radius 1 is 0.972 bits per heavy atom. The van der Waals surface area contributed by atoms with Gasteiger partial charge >= 0.3 is 0 Å². The molecule has 190 valence electrons. The molecular formula is C31H39N3O2. The van der Waals surface area contributed by atoms with E-state index >= 15 is 0 Å². The first-order chi connectivity index (χ1) is 17.3. The number of aromatic amines is 1. The highest BCUT2D eigenvalue weighted by atomic mass is 16.1. The Kier molecular flexibility index (Phi) is 7.97. The Morgan fingerprint density at radius 2 is 1.67 bits per heavy atom. The van der Waals surface area contributed by atoms with E-state index < -0.39 is 0 Å². The van der Waals surface area contributed by atoms with Gasteiger partial charge in [0, 0.05) is 41.6 Å². The molecule has 3 aromatic rings. The smallest absolute Gasteiger partial charge is 0.253 e. The number of anilines is 1. The monoisotopic (exact) mass is 485 g/mol. The number of carbonyl (C=O) groups is 1. The highest BCUT2D eigenvalue weighted by molar-refractivity contribution is 5.99. The molecule has 0 unspecified atom stereocenters. The summed E-state index contributed by atoms with van der Waals surface area (Å²) in [6.45, 7) is 11.2. The predicted molar refractivity (Wildman–Crippen MR) is 149 cm³/mol. The number of amides is 1. The number of rotatable bonds is 7. The summed E-state index contributed by atoms with van der Waals surface area (Å²) in [7, 11) is 0. The third-order valence-corrected chi connectivity index (χ3v) is 7.59. The number of aryl methyl sites for hydroxylation is 3. The summed E-state index contributed by atoms with van der Waals surface area (Å²) in [5.41, 5.74) is 8.30. The highest BCUT2D eigenvalue weighted by Crippen LogP contribution is 2.35.